The van der Waals surface area contributed by atoms with Crippen LogP contribution in [0.1, 0.15) is 12.5 Å². The van der Waals surface area contributed by atoms with Gasteiger partial charge in [0.2, 0.25) is 17.7 Å². The highest BCUT2D eigenvalue weighted by molar-refractivity contribution is 7.22. The van der Waals surface area contributed by atoms with Crippen molar-refractivity contribution in [2.24, 2.45) is 5.73 Å². The van der Waals surface area contributed by atoms with E-state index in [0.717, 1.165) is 16.8 Å². The third-order valence-electron chi connectivity index (χ3n) is 4.60. The Bertz CT molecular complexity index is 1420. The van der Waals surface area contributed by atoms with E-state index in [9.17, 15) is 22.8 Å². The van der Waals surface area contributed by atoms with Gasteiger partial charge in [-0.25, -0.2) is 15.0 Å². The van der Waals surface area contributed by atoms with Crippen LogP contribution in [0.4, 0.5) is 24.0 Å². The number of thiazole rings is 1. The normalized spacial score (nSPS) is 11.3. The number of nitrogens with one attached hydrogen (secondary N) is 2. The lowest BCUT2D eigenvalue weighted by Gasteiger charge is -2.14. The molecule has 0 unspecified atom stereocenters. The molecule has 0 spiro atoms. The molecular weight excluding hydrogens is 485 g/mol. The second-order valence-electron chi connectivity index (χ2n) is 7.16. The van der Waals surface area contributed by atoms with E-state index >= 15 is 0 Å². The van der Waals surface area contributed by atoms with Gasteiger partial charge in [-0.05, 0) is 24.3 Å². The Hall–Kier alpha value is -4.10. The number of hydrogen-bond acceptors (Lipinski definition) is 8. The molecular formula is C22H17F3N6O3S. The molecule has 0 atom stereocenters. The molecule has 0 fully saturated rings. The fourth-order valence-electron chi connectivity index (χ4n) is 3.11. The topological polar surface area (TPSA) is 132 Å². The van der Waals surface area contributed by atoms with Crippen molar-refractivity contribution in [1.29, 1.82) is 0 Å². The maximum atomic E-state index is 13.2. The summed E-state index contributed by atoms with van der Waals surface area (Å²) in [6.07, 6.45) is -3.43. The van der Waals surface area contributed by atoms with Crippen LogP contribution in [0.25, 0.3) is 21.5 Å². The van der Waals surface area contributed by atoms with Gasteiger partial charge >= 0.3 is 6.18 Å². The van der Waals surface area contributed by atoms with E-state index in [0.29, 0.717) is 16.4 Å². The van der Waals surface area contributed by atoms with Gasteiger partial charge in [-0.3, -0.25) is 9.59 Å². The first-order chi connectivity index (χ1) is 16.6. The second kappa shape index (κ2) is 9.64. The van der Waals surface area contributed by atoms with E-state index in [-0.39, 0.29) is 28.7 Å². The average Bonchev–Trinajstić information content (AvgIpc) is 3.21. The van der Waals surface area contributed by atoms with Crippen LogP contribution < -0.4 is 21.1 Å². The summed E-state index contributed by atoms with van der Waals surface area (Å²) in [6, 6.07) is 9.52. The number of hydrogen-bond donors (Lipinski definition) is 3. The highest BCUT2D eigenvalue weighted by Crippen LogP contribution is 2.37. The van der Waals surface area contributed by atoms with Gasteiger partial charge in [-0.2, -0.15) is 13.2 Å². The number of carbonyl (C=O) groups excluding carboxylic acids is 2. The van der Waals surface area contributed by atoms with Crippen LogP contribution in [0.3, 0.4) is 0 Å². The summed E-state index contributed by atoms with van der Waals surface area (Å²) in [4.78, 5) is 35.7. The largest absolute Gasteiger partial charge is 0.437 e. The smallest absolute Gasteiger partial charge is 0.416 e. The van der Waals surface area contributed by atoms with Crippen molar-refractivity contribution in [3.05, 3.63) is 54.4 Å². The summed E-state index contributed by atoms with van der Waals surface area (Å²) in [5.74, 6) is -0.487. The van der Waals surface area contributed by atoms with E-state index in [4.69, 9.17) is 10.5 Å². The second-order valence-corrected chi connectivity index (χ2v) is 8.19. The number of alkyl halides is 3. The van der Waals surface area contributed by atoms with Crippen molar-refractivity contribution in [3.8, 4) is 22.9 Å². The van der Waals surface area contributed by atoms with Crippen molar-refractivity contribution < 1.29 is 27.5 Å². The summed E-state index contributed by atoms with van der Waals surface area (Å²) in [5.41, 5.74) is 5.17. The molecule has 2 heterocycles. The van der Waals surface area contributed by atoms with Crippen LogP contribution >= 0.6 is 11.3 Å². The number of halogens is 3. The Balaban J connectivity index is 1.70. The highest BCUT2D eigenvalue weighted by Gasteiger charge is 2.31. The fraction of sp³-hybridized carbons (Fsp3) is 0.136. The molecule has 180 valence electrons. The first-order valence-electron chi connectivity index (χ1n) is 10.0. The van der Waals surface area contributed by atoms with Gasteiger partial charge in [0.05, 0.1) is 28.2 Å². The minimum Gasteiger partial charge on any atom is -0.437 e. The number of nitrogens with zero attached hydrogens (tertiary/aromatic N) is 3. The molecule has 2 aromatic carbocycles. The molecule has 0 saturated carbocycles. The first-order valence-corrected chi connectivity index (χ1v) is 10.8. The predicted octanol–water partition coefficient (Wildman–Crippen LogP) is 4.42. The third kappa shape index (κ3) is 5.53. The standard InChI is InChI=1S/C22H17F3N6O3S/c1-11(32)29-21-31-20-16(3-2-4-17(20)35-21)34-19-8-14(27-10-28-19)13-6-5-12(22(23,24)25)7-15(13)30-18(33)9-26/h2-8,10H,9,26H2,1H3,(H,30,33)(H,29,31,32). The highest BCUT2D eigenvalue weighted by atomic mass is 32.1. The maximum absolute atomic E-state index is 13.2. The zero-order valence-electron chi connectivity index (χ0n) is 18.0. The number of ether oxygens (including phenoxy) is 1. The number of para-hydroxylation sites is 1. The molecule has 0 radical (unpaired) electrons. The number of rotatable bonds is 6. The molecule has 35 heavy (non-hydrogen) atoms. The van der Waals surface area contributed by atoms with Gasteiger partial charge in [-0.1, -0.05) is 23.5 Å². The van der Waals surface area contributed by atoms with Gasteiger partial charge < -0.3 is 21.1 Å². The van der Waals surface area contributed by atoms with Gasteiger partial charge in [0.1, 0.15) is 11.8 Å². The average molecular weight is 502 g/mol. The number of carbonyl (C=O) groups is 2. The Morgan fingerprint density at radius 3 is 2.63 bits per heavy atom. The molecule has 13 heteroatoms. The lowest BCUT2D eigenvalue weighted by Crippen LogP contribution is -2.22. The zero-order chi connectivity index (χ0) is 25.2. The number of amides is 2. The minimum absolute atomic E-state index is 0.0903. The summed E-state index contributed by atoms with van der Waals surface area (Å²) in [7, 11) is 0. The Morgan fingerprint density at radius 1 is 1.11 bits per heavy atom. The van der Waals surface area contributed by atoms with E-state index in [1.807, 2.05) is 6.07 Å². The van der Waals surface area contributed by atoms with Crippen molar-refractivity contribution in [2.75, 3.05) is 17.2 Å². The first kappa shape index (κ1) is 24.0. The Morgan fingerprint density at radius 2 is 1.91 bits per heavy atom. The summed E-state index contributed by atoms with van der Waals surface area (Å²) in [6.45, 7) is 0.962. The number of benzene rings is 2. The van der Waals surface area contributed by atoms with Crippen molar-refractivity contribution in [2.45, 2.75) is 13.1 Å². The zero-order valence-corrected chi connectivity index (χ0v) is 18.8. The quantitative estimate of drug-likeness (QED) is 0.356. The summed E-state index contributed by atoms with van der Waals surface area (Å²) < 4.78 is 46.3. The van der Waals surface area contributed by atoms with E-state index < -0.39 is 24.2 Å². The number of nitrogens with two attached hydrogens (primary N) is 1. The molecule has 2 amide bonds. The molecule has 0 aliphatic heterocycles. The third-order valence-corrected chi connectivity index (χ3v) is 5.54. The maximum Gasteiger partial charge on any atom is 0.416 e. The Kier molecular flexibility index (Phi) is 6.62. The summed E-state index contributed by atoms with van der Waals surface area (Å²) in [5, 5.41) is 5.40. The van der Waals surface area contributed by atoms with Crippen LogP contribution in [0, 0.1) is 0 Å². The van der Waals surface area contributed by atoms with Gasteiger partial charge in [-0.15, -0.1) is 0 Å². The monoisotopic (exact) mass is 502 g/mol. The van der Waals surface area contributed by atoms with Gasteiger partial charge in [0.15, 0.2) is 10.9 Å². The van der Waals surface area contributed by atoms with E-state index in [2.05, 4.69) is 25.6 Å². The van der Waals surface area contributed by atoms with Crippen LogP contribution in [-0.2, 0) is 15.8 Å². The van der Waals surface area contributed by atoms with Crippen LogP contribution in [0.2, 0.25) is 0 Å². The number of anilines is 2. The van der Waals surface area contributed by atoms with Crippen molar-refractivity contribution in [3.63, 3.8) is 0 Å². The molecule has 0 aliphatic rings. The molecule has 0 aliphatic carbocycles. The van der Waals surface area contributed by atoms with Crippen LogP contribution in [0.15, 0.2) is 48.8 Å². The lowest BCUT2D eigenvalue weighted by molar-refractivity contribution is -0.137. The van der Waals surface area contributed by atoms with E-state index in [1.165, 1.54) is 36.7 Å². The van der Waals surface area contributed by atoms with Crippen LogP contribution in [0.5, 0.6) is 11.6 Å². The molecule has 4 aromatic rings. The van der Waals surface area contributed by atoms with E-state index in [1.54, 1.807) is 12.1 Å². The van der Waals surface area contributed by atoms with Crippen molar-refractivity contribution in [1.82, 2.24) is 15.0 Å². The molecule has 9 nitrogen and oxygen atoms in total. The molecule has 4 N–H and O–H groups in total. The van der Waals surface area contributed by atoms with Crippen LogP contribution in [-0.4, -0.2) is 33.3 Å². The van der Waals surface area contributed by atoms with Gasteiger partial charge in [0, 0.05) is 18.6 Å². The fourth-order valence-corrected chi connectivity index (χ4v) is 4.04. The molecule has 0 saturated heterocycles. The predicted molar refractivity (Wildman–Crippen MR) is 124 cm³/mol. The molecule has 4 rings (SSSR count). The van der Waals surface area contributed by atoms with Gasteiger partial charge in [0.25, 0.3) is 0 Å². The molecule has 2 aromatic heterocycles. The lowest BCUT2D eigenvalue weighted by atomic mass is 10.1. The summed E-state index contributed by atoms with van der Waals surface area (Å²) >= 11 is 1.27. The van der Waals surface area contributed by atoms with Crippen molar-refractivity contribution >= 4 is 44.2 Å². The molecule has 0 bridgehead atoms. The number of fused-ring (bicyclic) bond motifs is 1. The minimum atomic E-state index is -4.61. The SMILES string of the molecule is CC(=O)Nc1nc2c(Oc3cc(-c4ccc(C(F)(F)F)cc4NC(=O)CN)ncn3)cccc2s1. The number of aromatic nitrogens is 3. The Labute approximate surface area is 200 Å².